The Kier molecular flexibility index (Phi) is 4.30. The van der Waals surface area contributed by atoms with Gasteiger partial charge in [0.15, 0.2) is 5.75 Å². The number of hydrogen-bond donors (Lipinski definition) is 0. The van der Waals surface area contributed by atoms with Gasteiger partial charge in [0, 0.05) is 6.20 Å². The Morgan fingerprint density at radius 2 is 1.65 bits per heavy atom. The predicted molar refractivity (Wildman–Crippen MR) is 47.4 cm³/mol. The van der Waals surface area contributed by atoms with E-state index in [4.69, 9.17) is 0 Å². The minimum absolute atomic E-state index is 0.0776. The van der Waals surface area contributed by atoms with Crippen molar-refractivity contribution in [2.24, 2.45) is 0 Å². The molecule has 1 rings (SSSR count). The monoisotopic (exact) mass is 311 g/mol. The van der Waals surface area contributed by atoms with E-state index >= 15 is 0 Å². The molecule has 11 heteroatoms. The molecule has 0 amide bonds. The summed E-state index contributed by atoms with van der Waals surface area (Å²) >= 11 is 0. The molecule has 0 bridgehead atoms. The highest BCUT2D eigenvalue weighted by atomic mass is 19.4. The summed E-state index contributed by atoms with van der Waals surface area (Å²) < 4.78 is 107. The molecule has 3 nitrogen and oxygen atoms in total. The van der Waals surface area contributed by atoms with E-state index in [0.29, 0.717) is 0 Å². The highest BCUT2D eigenvalue weighted by Crippen LogP contribution is 2.45. The van der Waals surface area contributed by atoms with Crippen LogP contribution < -0.4 is 9.47 Å². The van der Waals surface area contributed by atoms with Gasteiger partial charge in [0.1, 0.15) is 11.1 Å². The highest BCUT2D eigenvalue weighted by Gasteiger charge is 2.43. The predicted octanol–water partition coefficient (Wildman–Crippen LogP) is 3.95. The van der Waals surface area contributed by atoms with Gasteiger partial charge in [0.2, 0.25) is 5.88 Å². The Morgan fingerprint density at radius 1 is 1.10 bits per heavy atom. The number of rotatable bonds is 3. The Morgan fingerprint density at radius 3 is 2.00 bits per heavy atom. The number of ether oxygens (including phenoxy) is 2. The van der Waals surface area contributed by atoms with Crippen LogP contribution in [0.5, 0.6) is 11.6 Å². The molecule has 0 fully saturated rings. The summed E-state index contributed by atoms with van der Waals surface area (Å²) in [6.45, 7) is 0. The second-order valence-corrected chi connectivity index (χ2v) is 3.27. The smallest absolute Gasteiger partial charge is 0.481 e. The molecule has 20 heavy (non-hydrogen) atoms. The first kappa shape index (κ1) is 16.2. The molecular formula is C9H5F8NO2. The van der Waals surface area contributed by atoms with Crippen LogP contribution in [0.3, 0.4) is 0 Å². The van der Waals surface area contributed by atoms with Crippen molar-refractivity contribution in [3.63, 3.8) is 0 Å². The maximum atomic E-state index is 12.7. The van der Waals surface area contributed by atoms with Crippen LogP contribution in [0.2, 0.25) is 0 Å². The van der Waals surface area contributed by atoms with Crippen molar-refractivity contribution in [3.8, 4) is 11.6 Å². The molecule has 0 aliphatic rings. The first-order chi connectivity index (χ1) is 8.97. The van der Waals surface area contributed by atoms with Crippen molar-refractivity contribution < 1.29 is 44.6 Å². The van der Waals surface area contributed by atoms with Gasteiger partial charge in [-0.25, -0.2) is 13.8 Å². The summed E-state index contributed by atoms with van der Waals surface area (Å²) in [5.41, 5.74) is -3.80. The van der Waals surface area contributed by atoms with Gasteiger partial charge in [-0.3, -0.25) is 0 Å². The van der Waals surface area contributed by atoms with E-state index < -0.39 is 41.7 Å². The fourth-order valence-corrected chi connectivity index (χ4v) is 1.28. The zero-order valence-electron chi connectivity index (χ0n) is 9.44. The molecule has 0 aliphatic carbocycles. The van der Waals surface area contributed by atoms with Gasteiger partial charge in [-0.15, -0.1) is 13.2 Å². The first-order valence-electron chi connectivity index (χ1n) is 4.65. The van der Waals surface area contributed by atoms with Crippen molar-refractivity contribution >= 4 is 0 Å². The second-order valence-electron chi connectivity index (χ2n) is 3.27. The van der Waals surface area contributed by atoms with Gasteiger partial charge in [-0.05, 0) is 0 Å². The van der Waals surface area contributed by atoms with Gasteiger partial charge in [-0.2, -0.15) is 13.2 Å². The number of methoxy groups -OCH3 is 1. The molecule has 0 saturated carbocycles. The quantitative estimate of drug-likeness (QED) is 0.792. The van der Waals surface area contributed by atoms with Crippen LogP contribution in [0, 0.1) is 0 Å². The Hall–Kier alpha value is -1.81. The summed E-state index contributed by atoms with van der Waals surface area (Å²) in [5, 5.41) is 0. The van der Waals surface area contributed by atoms with Crippen molar-refractivity contribution in [2.75, 3.05) is 7.11 Å². The average Bonchev–Trinajstić information content (AvgIpc) is 2.23. The molecule has 0 saturated heterocycles. The van der Waals surface area contributed by atoms with Crippen LogP contribution in [0.25, 0.3) is 0 Å². The summed E-state index contributed by atoms with van der Waals surface area (Å²) in [6.07, 6.45) is -14.7. The van der Waals surface area contributed by atoms with Gasteiger partial charge >= 0.3 is 12.5 Å². The number of halogens is 8. The third-order valence-electron chi connectivity index (χ3n) is 1.97. The minimum Gasteiger partial charge on any atom is -0.481 e. The minimum atomic E-state index is -5.59. The van der Waals surface area contributed by atoms with Crippen molar-refractivity contribution in [2.45, 2.75) is 19.0 Å². The summed E-state index contributed by atoms with van der Waals surface area (Å²) in [5.74, 6) is -3.17. The molecule has 1 aromatic rings. The number of nitrogens with zero attached hydrogens (tertiary/aromatic N) is 1. The van der Waals surface area contributed by atoms with Crippen LogP contribution in [-0.4, -0.2) is 18.5 Å². The van der Waals surface area contributed by atoms with Crippen LogP contribution in [-0.2, 0) is 6.18 Å². The van der Waals surface area contributed by atoms with Crippen LogP contribution in [0.4, 0.5) is 35.1 Å². The third kappa shape index (κ3) is 3.61. The topological polar surface area (TPSA) is 31.4 Å². The van der Waals surface area contributed by atoms with E-state index in [1.807, 2.05) is 0 Å². The molecule has 1 aromatic heterocycles. The molecule has 0 atom stereocenters. The second kappa shape index (κ2) is 5.29. The van der Waals surface area contributed by atoms with Gasteiger partial charge < -0.3 is 9.47 Å². The van der Waals surface area contributed by atoms with Crippen LogP contribution in [0.15, 0.2) is 6.20 Å². The summed E-state index contributed by atoms with van der Waals surface area (Å²) in [6, 6.07) is 0. The average molecular weight is 311 g/mol. The lowest BCUT2D eigenvalue weighted by atomic mass is 10.1. The zero-order valence-corrected chi connectivity index (χ0v) is 9.44. The van der Waals surface area contributed by atoms with E-state index in [-0.39, 0.29) is 6.20 Å². The van der Waals surface area contributed by atoms with E-state index in [0.717, 1.165) is 7.11 Å². The van der Waals surface area contributed by atoms with Crippen molar-refractivity contribution in [1.82, 2.24) is 4.98 Å². The van der Waals surface area contributed by atoms with E-state index in [9.17, 15) is 35.1 Å². The van der Waals surface area contributed by atoms with Gasteiger partial charge in [0.25, 0.3) is 6.43 Å². The number of aromatic nitrogens is 1. The molecule has 0 spiro atoms. The normalized spacial score (nSPS) is 12.7. The zero-order chi connectivity index (χ0) is 15.7. The maximum absolute atomic E-state index is 12.7. The molecule has 0 N–H and O–H groups in total. The molecule has 0 radical (unpaired) electrons. The molecule has 0 aliphatic heterocycles. The molecule has 0 aromatic carbocycles. The summed E-state index contributed by atoms with van der Waals surface area (Å²) in [4.78, 5) is 2.91. The van der Waals surface area contributed by atoms with E-state index in [2.05, 4.69) is 14.5 Å². The lowest BCUT2D eigenvalue weighted by molar-refractivity contribution is -0.276. The molecule has 114 valence electrons. The van der Waals surface area contributed by atoms with Crippen LogP contribution >= 0.6 is 0 Å². The van der Waals surface area contributed by atoms with E-state index in [1.165, 1.54) is 0 Å². The molecule has 0 unspecified atom stereocenters. The largest absolute Gasteiger partial charge is 0.573 e. The Balaban J connectivity index is 3.59. The van der Waals surface area contributed by atoms with Gasteiger partial charge in [0.05, 0.1) is 7.11 Å². The number of pyridine rings is 1. The fourth-order valence-electron chi connectivity index (χ4n) is 1.28. The Labute approximate surface area is 106 Å². The van der Waals surface area contributed by atoms with Crippen LogP contribution in [0.1, 0.15) is 17.6 Å². The van der Waals surface area contributed by atoms with Gasteiger partial charge in [-0.1, -0.05) is 0 Å². The van der Waals surface area contributed by atoms with E-state index in [1.54, 1.807) is 0 Å². The SMILES string of the molecule is COc1ncc(C(F)(F)F)c(OC(F)(F)F)c1C(F)F. The maximum Gasteiger partial charge on any atom is 0.573 e. The fraction of sp³-hybridized carbons (Fsp3) is 0.444. The number of alkyl halides is 8. The number of hydrogen-bond acceptors (Lipinski definition) is 3. The van der Waals surface area contributed by atoms with Crippen molar-refractivity contribution in [1.29, 1.82) is 0 Å². The van der Waals surface area contributed by atoms with Crippen molar-refractivity contribution in [3.05, 3.63) is 17.3 Å². The summed E-state index contributed by atoms with van der Waals surface area (Å²) in [7, 11) is 0.763. The third-order valence-corrected chi connectivity index (χ3v) is 1.97. The Bertz CT molecular complexity index is 482. The standard InChI is InChI=1S/C9H5F8NO2/c1-19-7-4(6(10)11)5(20-9(15,16)17)3(2-18-7)8(12,13)14/h2,6H,1H3. The molecule has 1 heterocycles. The lowest BCUT2D eigenvalue weighted by Crippen LogP contribution is -2.22. The first-order valence-corrected chi connectivity index (χ1v) is 4.65. The lowest BCUT2D eigenvalue weighted by Gasteiger charge is -2.19. The molecular weight excluding hydrogens is 306 g/mol. The highest BCUT2D eigenvalue weighted by molar-refractivity contribution is 5.48.